The fraction of sp³-hybridized carbons (Fsp3) is 0.632. The van der Waals surface area contributed by atoms with E-state index in [1.165, 1.54) is 0 Å². The predicted molar refractivity (Wildman–Crippen MR) is 93.2 cm³/mol. The normalized spacial score (nSPS) is 18.5. The Morgan fingerprint density at radius 2 is 1.67 bits per heavy atom. The monoisotopic (exact) mass is 335 g/mol. The molecular formula is C19H29NO4. The summed E-state index contributed by atoms with van der Waals surface area (Å²) in [5.41, 5.74) is 1.12. The maximum atomic E-state index is 12.7. The number of rotatable bonds is 6. The molecule has 1 unspecified atom stereocenters. The Morgan fingerprint density at radius 3 is 2.21 bits per heavy atom. The van der Waals surface area contributed by atoms with Crippen molar-refractivity contribution in [3.05, 3.63) is 29.8 Å². The van der Waals surface area contributed by atoms with Gasteiger partial charge in [-0.25, -0.2) is 0 Å². The molecule has 134 valence electrons. The second-order valence-corrected chi connectivity index (χ2v) is 6.60. The molecule has 1 aliphatic rings. The number of methoxy groups -OCH3 is 2. The van der Waals surface area contributed by atoms with E-state index in [0.29, 0.717) is 31.8 Å². The Bertz CT molecular complexity index is 544. The Kier molecular flexibility index (Phi) is 6.24. The van der Waals surface area contributed by atoms with Crippen molar-refractivity contribution < 1.29 is 19.0 Å². The molecule has 1 aromatic carbocycles. The summed E-state index contributed by atoms with van der Waals surface area (Å²) in [6.45, 7) is 7.27. The van der Waals surface area contributed by atoms with E-state index in [0.717, 1.165) is 11.3 Å². The summed E-state index contributed by atoms with van der Waals surface area (Å²) in [5.74, 6) is 0.579. The fourth-order valence-electron chi connectivity index (χ4n) is 3.12. The number of benzene rings is 1. The summed E-state index contributed by atoms with van der Waals surface area (Å²) in [7, 11) is 3.30. The second-order valence-electron chi connectivity index (χ2n) is 6.60. The smallest absolute Gasteiger partial charge is 0.263 e. The third kappa shape index (κ3) is 4.08. The lowest BCUT2D eigenvalue weighted by molar-refractivity contribution is -0.229. The zero-order valence-electron chi connectivity index (χ0n) is 15.4. The van der Waals surface area contributed by atoms with Gasteiger partial charge in [0.1, 0.15) is 5.75 Å². The summed E-state index contributed by atoms with van der Waals surface area (Å²) in [5, 5.41) is 0. The van der Waals surface area contributed by atoms with Gasteiger partial charge in [0.2, 0.25) is 0 Å². The molecule has 5 heteroatoms. The van der Waals surface area contributed by atoms with E-state index >= 15 is 0 Å². The summed E-state index contributed by atoms with van der Waals surface area (Å²) in [6, 6.07) is 7.90. The topological polar surface area (TPSA) is 48.0 Å². The molecule has 1 atom stereocenters. The first-order valence-electron chi connectivity index (χ1n) is 8.57. The van der Waals surface area contributed by atoms with Gasteiger partial charge in [-0.1, -0.05) is 32.0 Å². The molecule has 0 spiro atoms. The van der Waals surface area contributed by atoms with Crippen molar-refractivity contribution in [1.29, 1.82) is 0 Å². The number of likely N-dealkylation sites (tertiary alicyclic amines) is 1. The molecule has 0 N–H and O–H groups in total. The average molecular weight is 335 g/mol. The van der Waals surface area contributed by atoms with E-state index in [1.807, 2.05) is 36.1 Å². The van der Waals surface area contributed by atoms with Gasteiger partial charge in [-0.3, -0.25) is 4.79 Å². The lowest BCUT2D eigenvalue weighted by Gasteiger charge is -2.40. The van der Waals surface area contributed by atoms with E-state index in [4.69, 9.17) is 14.2 Å². The largest absolute Gasteiger partial charge is 0.481 e. The van der Waals surface area contributed by atoms with E-state index in [2.05, 4.69) is 13.8 Å². The van der Waals surface area contributed by atoms with Crippen LogP contribution >= 0.6 is 0 Å². The molecule has 0 radical (unpaired) electrons. The fourth-order valence-corrected chi connectivity index (χ4v) is 3.12. The Hall–Kier alpha value is -1.59. The van der Waals surface area contributed by atoms with Crippen molar-refractivity contribution in [1.82, 2.24) is 4.90 Å². The van der Waals surface area contributed by atoms with Crippen LogP contribution in [0.4, 0.5) is 0 Å². The minimum absolute atomic E-state index is 0.00867. The number of carbonyl (C=O) groups is 1. The maximum absolute atomic E-state index is 12.7. The minimum Gasteiger partial charge on any atom is -0.481 e. The highest BCUT2D eigenvalue weighted by atomic mass is 16.7. The number of ether oxygens (including phenoxy) is 3. The van der Waals surface area contributed by atoms with Gasteiger partial charge in [0, 0.05) is 40.2 Å². The lowest BCUT2D eigenvalue weighted by Crippen LogP contribution is -2.51. The Balaban J connectivity index is 1.99. The number of nitrogens with zero attached hydrogens (tertiary/aromatic N) is 1. The summed E-state index contributed by atoms with van der Waals surface area (Å²) in [4.78, 5) is 14.5. The molecule has 5 nitrogen and oxygen atoms in total. The first kappa shape index (κ1) is 18.7. The van der Waals surface area contributed by atoms with Crippen molar-refractivity contribution in [2.75, 3.05) is 27.3 Å². The quantitative estimate of drug-likeness (QED) is 0.749. The molecule has 1 aliphatic heterocycles. The van der Waals surface area contributed by atoms with Crippen molar-refractivity contribution in [3.8, 4) is 5.75 Å². The zero-order chi connectivity index (χ0) is 17.7. The molecule has 0 saturated carbocycles. The van der Waals surface area contributed by atoms with Crippen LogP contribution in [0.5, 0.6) is 5.75 Å². The summed E-state index contributed by atoms with van der Waals surface area (Å²) >= 11 is 0. The van der Waals surface area contributed by atoms with E-state index in [1.54, 1.807) is 14.2 Å². The molecule has 1 saturated heterocycles. The van der Waals surface area contributed by atoms with Crippen LogP contribution in [0.1, 0.15) is 45.1 Å². The lowest BCUT2D eigenvalue weighted by atomic mass is 10.0. The van der Waals surface area contributed by atoms with Gasteiger partial charge in [0.25, 0.3) is 5.91 Å². The zero-order valence-corrected chi connectivity index (χ0v) is 15.4. The number of hydrogen-bond acceptors (Lipinski definition) is 4. The Morgan fingerprint density at radius 1 is 1.08 bits per heavy atom. The van der Waals surface area contributed by atoms with Crippen LogP contribution in [0.2, 0.25) is 0 Å². The third-order valence-corrected chi connectivity index (χ3v) is 4.77. The van der Waals surface area contributed by atoms with Crippen LogP contribution in [-0.2, 0) is 14.3 Å². The summed E-state index contributed by atoms with van der Waals surface area (Å²) < 4.78 is 16.9. The van der Waals surface area contributed by atoms with E-state index < -0.39 is 11.9 Å². The van der Waals surface area contributed by atoms with Gasteiger partial charge in [-0.05, 0) is 24.5 Å². The van der Waals surface area contributed by atoms with Crippen LogP contribution in [0.25, 0.3) is 0 Å². The molecular weight excluding hydrogens is 306 g/mol. The standard InChI is InChI=1S/C19H29NO4/c1-14(2)16-8-6-7-9-17(16)24-15(3)18(21)20-12-10-19(22-4,23-5)11-13-20/h6-9,14-15H,10-13H2,1-5H3. The molecule has 24 heavy (non-hydrogen) atoms. The number of piperidine rings is 1. The highest BCUT2D eigenvalue weighted by Gasteiger charge is 2.37. The molecule has 1 heterocycles. The van der Waals surface area contributed by atoms with Gasteiger partial charge in [0.05, 0.1) is 0 Å². The van der Waals surface area contributed by atoms with Gasteiger partial charge < -0.3 is 19.1 Å². The summed E-state index contributed by atoms with van der Waals surface area (Å²) in [6.07, 6.45) is 0.824. The number of amides is 1. The third-order valence-electron chi connectivity index (χ3n) is 4.77. The van der Waals surface area contributed by atoms with Crippen molar-refractivity contribution in [2.45, 2.75) is 51.4 Å². The second kappa shape index (κ2) is 7.99. The molecule has 0 aromatic heterocycles. The minimum atomic E-state index is -0.564. The van der Waals surface area contributed by atoms with Crippen LogP contribution in [0.3, 0.4) is 0 Å². The first-order chi connectivity index (χ1) is 11.4. The number of carbonyl (C=O) groups excluding carboxylic acids is 1. The molecule has 0 aliphatic carbocycles. The highest BCUT2D eigenvalue weighted by Crippen LogP contribution is 2.29. The van der Waals surface area contributed by atoms with Crippen molar-refractivity contribution >= 4 is 5.91 Å². The van der Waals surface area contributed by atoms with Crippen LogP contribution in [-0.4, -0.2) is 50.0 Å². The van der Waals surface area contributed by atoms with E-state index in [9.17, 15) is 4.79 Å². The van der Waals surface area contributed by atoms with Gasteiger partial charge >= 0.3 is 0 Å². The van der Waals surface area contributed by atoms with Gasteiger partial charge in [-0.2, -0.15) is 0 Å². The van der Waals surface area contributed by atoms with Crippen molar-refractivity contribution in [2.24, 2.45) is 0 Å². The maximum Gasteiger partial charge on any atom is 0.263 e. The molecule has 0 bridgehead atoms. The van der Waals surface area contributed by atoms with Gasteiger partial charge in [-0.15, -0.1) is 0 Å². The van der Waals surface area contributed by atoms with Crippen LogP contribution in [0.15, 0.2) is 24.3 Å². The SMILES string of the molecule is COC1(OC)CCN(C(=O)C(C)Oc2ccccc2C(C)C)CC1. The van der Waals surface area contributed by atoms with E-state index in [-0.39, 0.29) is 5.91 Å². The molecule has 1 amide bonds. The average Bonchev–Trinajstić information content (AvgIpc) is 2.61. The Labute approximate surface area is 144 Å². The van der Waals surface area contributed by atoms with Gasteiger partial charge in [0.15, 0.2) is 11.9 Å². The molecule has 1 aromatic rings. The number of hydrogen-bond donors (Lipinski definition) is 0. The highest BCUT2D eigenvalue weighted by molar-refractivity contribution is 5.81. The molecule has 1 fully saturated rings. The predicted octanol–water partition coefficient (Wildman–Crippen LogP) is 3.19. The van der Waals surface area contributed by atoms with Crippen molar-refractivity contribution in [3.63, 3.8) is 0 Å². The molecule has 2 rings (SSSR count). The first-order valence-corrected chi connectivity index (χ1v) is 8.57. The number of para-hydroxylation sites is 1. The van der Waals surface area contributed by atoms with Crippen LogP contribution in [0, 0.1) is 0 Å². The van der Waals surface area contributed by atoms with Crippen LogP contribution < -0.4 is 4.74 Å².